The number of fused-ring (bicyclic) bond motifs is 3. The molecule has 1 saturated carbocycles. The smallest absolute Gasteiger partial charge is 0.223 e. The molecule has 2 aromatic heterocycles. The zero-order valence-corrected chi connectivity index (χ0v) is 16.3. The second kappa shape index (κ2) is 7.46. The average Bonchev–Trinajstić information content (AvgIpc) is 3.24. The molecular formula is C23H28N4O. The van der Waals surface area contributed by atoms with Crippen LogP contribution < -0.4 is 10.2 Å². The van der Waals surface area contributed by atoms with Crippen molar-refractivity contribution in [1.82, 2.24) is 14.7 Å². The summed E-state index contributed by atoms with van der Waals surface area (Å²) in [5.41, 5.74) is 3.29. The van der Waals surface area contributed by atoms with Crippen molar-refractivity contribution < 1.29 is 4.79 Å². The number of hydrogen-bond donors (Lipinski definition) is 1. The maximum atomic E-state index is 12.7. The Balaban J connectivity index is 1.31. The lowest BCUT2D eigenvalue weighted by molar-refractivity contribution is -0.126. The van der Waals surface area contributed by atoms with Crippen LogP contribution in [0.5, 0.6) is 0 Å². The highest BCUT2D eigenvalue weighted by Gasteiger charge is 2.28. The quantitative estimate of drug-likeness (QED) is 0.747. The zero-order chi connectivity index (χ0) is 18.9. The molecule has 1 aliphatic heterocycles. The van der Waals surface area contributed by atoms with Crippen molar-refractivity contribution >= 4 is 28.3 Å². The van der Waals surface area contributed by atoms with E-state index in [0.29, 0.717) is 6.04 Å². The Morgan fingerprint density at radius 3 is 2.50 bits per heavy atom. The molecule has 0 radical (unpaired) electrons. The topological polar surface area (TPSA) is 49.6 Å². The molecule has 0 atom stereocenters. The molecule has 146 valence electrons. The predicted octanol–water partition coefficient (Wildman–Crippen LogP) is 4.15. The number of nitrogens with one attached hydrogen (secondary N) is 1. The summed E-state index contributed by atoms with van der Waals surface area (Å²) in [4.78, 5) is 20.0. The highest BCUT2D eigenvalue weighted by Crippen LogP contribution is 2.29. The van der Waals surface area contributed by atoms with Crippen LogP contribution >= 0.6 is 0 Å². The van der Waals surface area contributed by atoms with Crippen LogP contribution in [0.3, 0.4) is 0 Å². The van der Waals surface area contributed by atoms with Crippen LogP contribution in [0.25, 0.3) is 16.6 Å². The molecule has 0 unspecified atom stereocenters. The van der Waals surface area contributed by atoms with Gasteiger partial charge in [-0.05, 0) is 49.9 Å². The van der Waals surface area contributed by atoms with E-state index in [0.717, 1.165) is 61.1 Å². The molecular weight excluding hydrogens is 348 g/mol. The van der Waals surface area contributed by atoms with Gasteiger partial charge in [-0.3, -0.25) is 4.79 Å². The molecule has 5 rings (SSSR count). The first-order valence-corrected chi connectivity index (χ1v) is 10.7. The Morgan fingerprint density at radius 1 is 0.929 bits per heavy atom. The Hall–Kier alpha value is -2.56. The summed E-state index contributed by atoms with van der Waals surface area (Å²) >= 11 is 0. The van der Waals surface area contributed by atoms with Gasteiger partial charge in [0, 0.05) is 31.2 Å². The van der Waals surface area contributed by atoms with Crippen LogP contribution in [0.2, 0.25) is 0 Å². The molecule has 3 aromatic rings. The van der Waals surface area contributed by atoms with Crippen molar-refractivity contribution in [2.45, 2.75) is 51.0 Å². The predicted molar refractivity (Wildman–Crippen MR) is 113 cm³/mol. The number of para-hydroxylation sites is 2. The molecule has 2 fully saturated rings. The fourth-order valence-electron chi connectivity index (χ4n) is 4.86. The first-order chi connectivity index (χ1) is 13.8. The molecule has 1 aliphatic carbocycles. The fourth-order valence-corrected chi connectivity index (χ4v) is 4.86. The molecule has 1 amide bonds. The minimum absolute atomic E-state index is 0.140. The second-order valence-electron chi connectivity index (χ2n) is 8.29. The molecule has 0 spiro atoms. The lowest BCUT2D eigenvalue weighted by Gasteiger charge is -2.34. The number of carbonyl (C=O) groups is 1. The third kappa shape index (κ3) is 3.23. The molecule has 0 bridgehead atoms. The lowest BCUT2D eigenvalue weighted by atomic mass is 9.92. The van der Waals surface area contributed by atoms with Gasteiger partial charge in [-0.1, -0.05) is 31.4 Å². The fraction of sp³-hybridized carbons (Fsp3) is 0.478. The number of anilines is 1. The van der Waals surface area contributed by atoms with Crippen molar-refractivity contribution in [1.29, 1.82) is 0 Å². The summed E-state index contributed by atoms with van der Waals surface area (Å²) in [6.45, 7) is 1.77. The van der Waals surface area contributed by atoms with Crippen molar-refractivity contribution in [3.05, 3.63) is 42.6 Å². The molecule has 1 saturated heterocycles. The van der Waals surface area contributed by atoms with Gasteiger partial charge in [-0.2, -0.15) is 0 Å². The molecule has 2 aliphatic rings. The van der Waals surface area contributed by atoms with Gasteiger partial charge in [-0.15, -0.1) is 0 Å². The number of nitrogens with zero attached hydrogens (tertiary/aromatic N) is 3. The van der Waals surface area contributed by atoms with Gasteiger partial charge in [0.1, 0.15) is 0 Å². The summed E-state index contributed by atoms with van der Waals surface area (Å²) in [6.07, 6.45) is 10.0. The maximum Gasteiger partial charge on any atom is 0.223 e. The van der Waals surface area contributed by atoms with Gasteiger partial charge in [0.25, 0.3) is 0 Å². The summed E-state index contributed by atoms with van der Waals surface area (Å²) in [6, 6.07) is 12.9. The maximum absolute atomic E-state index is 12.7. The minimum Gasteiger partial charge on any atom is -0.355 e. The zero-order valence-electron chi connectivity index (χ0n) is 16.3. The lowest BCUT2D eigenvalue weighted by Crippen LogP contribution is -2.44. The molecule has 5 heteroatoms. The average molecular weight is 377 g/mol. The van der Waals surface area contributed by atoms with Gasteiger partial charge in [0.15, 0.2) is 5.82 Å². The second-order valence-corrected chi connectivity index (χ2v) is 8.29. The largest absolute Gasteiger partial charge is 0.355 e. The third-order valence-electron chi connectivity index (χ3n) is 6.46. The molecule has 1 N–H and O–H groups in total. The third-order valence-corrected chi connectivity index (χ3v) is 6.46. The first kappa shape index (κ1) is 17.5. The van der Waals surface area contributed by atoms with Gasteiger partial charge in [0.05, 0.1) is 16.6 Å². The van der Waals surface area contributed by atoms with E-state index < -0.39 is 0 Å². The van der Waals surface area contributed by atoms with Gasteiger partial charge >= 0.3 is 0 Å². The monoisotopic (exact) mass is 376 g/mol. The van der Waals surface area contributed by atoms with E-state index in [1.165, 1.54) is 19.3 Å². The summed E-state index contributed by atoms with van der Waals surface area (Å²) in [7, 11) is 0. The van der Waals surface area contributed by atoms with Gasteiger partial charge < -0.3 is 14.6 Å². The molecule has 1 aromatic carbocycles. The van der Waals surface area contributed by atoms with Crippen molar-refractivity contribution in [3.63, 3.8) is 0 Å². The van der Waals surface area contributed by atoms with Crippen LogP contribution in [-0.2, 0) is 4.79 Å². The van der Waals surface area contributed by atoms with E-state index in [1.807, 2.05) is 6.07 Å². The van der Waals surface area contributed by atoms with Gasteiger partial charge in [0.2, 0.25) is 5.91 Å². The first-order valence-electron chi connectivity index (χ1n) is 10.7. The van der Waals surface area contributed by atoms with E-state index in [9.17, 15) is 4.79 Å². The van der Waals surface area contributed by atoms with Gasteiger partial charge in [-0.25, -0.2) is 4.98 Å². The van der Waals surface area contributed by atoms with E-state index in [1.54, 1.807) is 0 Å². The van der Waals surface area contributed by atoms with E-state index in [2.05, 4.69) is 51.1 Å². The Kier molecular flexibility index (Phi) is 4.67. The number of amides is 1. The van der Waals surface area contributed by atoms with E-state index >= 15 is 0 Å². The molecule has 5 nitrogen and oxygen atoms in total. The number of piperidine rings is 1. The van der Waals surface area contributed by atoms with Crippen molar-refractivity contribution in [2.75, 3.05) is 18.0 Å². The molecule has 28 heavy (non-hydrogen) atoms. The highest BCUT2D eigenvalue weighted by atomic mass is 16.1. The van der Waals surface area contributed by atoms with Crippen LogP contribution in [0.4, 0.5) is 5.82 Å². The number of benzene rings is 1. The highest BCUT2D eigenvalue weighted by molar-refractivity contribution is 5.85. The standard InChI is InChI=1S/C23H28N4O/c28-23(24-18-7-2-1-3-8-18)17-12-15-26(16-13-17)22-21-11-6-14-27(21)20-10-5-4-9-19(20)25-22/h4-6,9-11,14,17-18H,1-3,7-8,12-13,15-16H2,(H,24,28). The van der Waals surface area contributed by atoms with Crippen molar-refractivity contribution in [2.24, 2.45) is 5.92 Å². The summed E-state index contributed by atoms with van der Waals surface area (Å²) in [5.74, 6) is 1.45. The minimum atomic E-state index is 0.140. The van der Waals surface area contributed by atoms with Crippen LogP contribution in [0, 0.1) is 5.92 Å². The Morgan fingerprint density at radius 2 is 1.68 bits per heavy atom. The van der Waals surface area contributed by atoms with E-state index in [4.69, 9.17) is 4.98 Å². The van der Waals surface area contributed by atoms with Crippen LogP contribution in [0.15, 0.2) is 42.6 Å². The van der Waals surface area contributed by atoms with Crippen molar-refractivity contribution in [3.8, 4) is 0 Å². The summed E-state index contributed by atoms with van der Waals surface area (Å²) < 4.78 is 2.22. The Labute approximate surface area is 165 Å². The van der Waals surface area contributed by atoms with Crippen LogP contribution in [0.1, 0.15) is 44.9 Å². The van der Waals surface area contributed by atoms with E-state index in [-0.39, 0.29) is 11.8 Å². The number of aromatic nitrogens is 2. The summed E-state index contributed by atoms with van der Waals surface area (Å²) in [5, 5.41) is 3.32. The normalized spacial score (nSPS) is 19.4. The van der Waals surface area contributed by atoms with Crippen LogP contribution in [-0.4, -0.2) is 34.4 Å². The molecule has 3 heterocycles. The number of hydrogen-bond acceptors (Lipinski definition) is 3. The number of rotatable bonds is 3. The Bertz CT molecular complexity index is 981. The number of carbonyl (C=O) groups excluding carboxylic acids is 1. The SMILES string of the molecule is O=C(NC1CCCCC1)C1CCN(c2nc3ccccc3n3cccc23)CC1.